The van der Waals surface area contributed by atoms with Gasteiger partial charge in [-0.3, -0.25) is 0 Å². The summed E-state index contributed by atoms with van der Waals surface area (Å²) in [7, 11) is 0. The summed E-state index contributed by atoms with van der Waals surface area (Å²) in [6.45, 7) is 9.47. The fourth-order valence-corrected chi connectivity index (χ4v) is 6.19. The average molecular weight is 533 g/mol. The van der Waals surface area contributed by atoms with Gasteiger partial charge in [-0.15, -0.1) is 0 Å². The molecule has 0 aromatic carbocycles. The van der Waals surface area contributed by atoms with Crippen LogP contribution in [0.4, 0.5) is 0 Å². The van der Waals surface area contributed by atoms with Crippen molar-refractivity contribution < 1.29 is 0 Å². The zero-order valence-electron chi connectivity index (χ0n) is 26.8. The Morgan fingerprint density at radius 1 is 0.342 bits per heavy atom. The van der Waals surface area contributed by atoms with E-state index < -0.39 is 0 Å². The number of hydrogen-bond donors (Lipinski definition) is 0. The van der Waals surface area contributed by atoms with Gasteiger partial charge in [-0.05, 0) is 25.7 Å². The molecule has 0 aliphatic carbocycles. The van der Waals surface area contributed by atoms with Gasteiger partial charge in [0.1, 0.15) is 6.17 Å². The summed E-state index contributed by atoms with van der Waals surface area (Å²) in [5.41, 5.74) is 0. The first-order valence-corrected chi connectivity index (χ1v) is 18.0. The zero-order valence-corrected chi connectivity index (χ0v) is 26.8. The lowest BCUT2D eigenvalue weighted by atomic mass is 10.0. The first kappa shape index (κ1) is 35.4. The summed E-state index contributed by atoms with van der Waals surface area (Å²) in [5, 5.41) is 0. The third-order valence-corrected chi connectivity index (χ3v) is 8.82. The van der Waals surface area contributed by atoms with Crippen LogP contribution in [0.5, 0.6) is 0 Å². The van der Waals surface area contributed by atoms with E-state index in [-0.39, 0.29) is 0 Å². The quantitative estimate of drug-likeness (QED) is 0.0848. The van der Waals surface area contributed by atoms with E-state index in [1.54, 1.807) is 0 Å². The van der Waals surface area contributed by atoms with Crippen molar-refractivity contribution in [2.45, 2.75) is 207 Å². The van der Waals surface area contributed by atoms with E-state index in [2.05, 4.69) is 43.0 Å². The van der Waals surface area contributed by atoms with Gasteiger partial charge < -0.3 is 9.80 Å². The van der Waals surface area contributed by atoms with Crippen LogP contribution < -0.4 is 0 Å². The van der Waals surface area contributed by atoms with E-state index in [4.69, 9.17) is 0 Å². The number of rotatable bonds is 30. The van der Waals surface area contributed by atoms with Gasteiger partial charge in [0, 0.05) is 25.5 Å². The van der Waals surface area contributed by atoms with Gasteiger partial charge >= 0.3 is 0 Å². The summed E-state index contributed by atoms with van der Waals surface area (Å²) in [5.74, 6) is 0. The van der Waals surface area contributed by atoms with Crippen LogP contribution in [0.15, 0.2) is 12.4 Å². The molecule has 0 saturated heterocycles. The van der Waals surface area contributed by atoms with Crippen LogP contribution in [0.2, 0.25) is 0 Å². The van der Waals surface area contributed by atoms with Crippen molar-refractivity contribution >= 4 is 0 Å². The third-order valence-electron chi connectivity index (χ3n) is 8.82. The predicted octanol–water partition coefficient (Wildman–Crippen LogP) is 12.4. The standard InChI is InChI=1S/C36H72N2/c1-4-7-10-13-16-19-22-25-28-31-36-37(32-29-26-23-20-17-14-11-8-5-2)34-35-38(36)33-30-27-24-21-18-15-12-9-6-3/h34-36H,4-33H2,1-3H3. The lowest BCUT2D eigenvalue weighted by Crippen LogP contribution is -2.39. The molecule has 0 spiro atoms. The number of nitrogens with zero attached hydrogens (tertiary/aromatic N) is 2. The van der Waals surface area contributed by atoms with Crippen molar-refractivity contribution in [1.82, 2.24) is 9.80 Å². The van der Waals surface area contributed by atoms with Crippen molar-refractivity contribution in [3.05, 3.63) is 12.4 Å². The second kappa shape index (κ2) is 27.9. The highest BCUT2D eigenvalue weighted by molar-refractivity contribution is 4.97. The van der Waals surface area contributed by atoms with Crippen LogP contribution in [-0.2, 0) is 0 Å². The molecule has 0 amide bonds. The van der Waals surface area contributed by atoms with Crippen LogP contribution in [0.25, 0.3) is 0 Å². The molecule has 1 aliphatic rings. The Balaban J connectivity index is 2.26. The van der Waals surface area contributed by atoms with E-state index in [1.807, 2.05) is 0 Å². The van der Waals surface area contributed by atoms with Gasteiger partial charge in [0.15, 0.2) is 0 Å². The van der Waals surface area contributed by atoms with Crippen LogP contribution in [-0.4, -0.2) is 29.1 Å². The topological polar surface area (TPSA) is 6.48 Å². The molecule has 0 saturated carbocycles. The molecule has 0 fully saturated rings. The predicted molar refractivity (Wildman–Crippen MR) is 173 cm³/mol. The maximum atomic E-state index is 2.71. The molecule has 0 unspecified atom stereocenters. The highest BCUT2D eigenvalue weighted by Gasteiger charge is 2.24. The first-order valence-electron chi connectivity index (χ1n) is 18.0. The van der Waals surface area contributed by atoms with Gasteiger partial charge in [0.2, 0.25) is 0 Å². The molecule has 226 valence electrons. The number of hydrogen-bond acceptors (Lipinski definition) is 2. The average Bonchev–Trinajstić information content (AvgIpc) is 3.31. The van der Waals surface area contributed by atoms with E-state index in [0.29, 0.717) is 6.17 Å². The highest BCUT2D eigenvalue weighted by Crippen LogP contribution is 2.24. The van der Waals surface area contributed by atoms with Crippen LogP contribution in [0.1, 0.15) is 201 Å². The molecule has 0 radical (unpaired) electrons. The Kier molecular flexibility index (Phi) is 26.0. The van der Waals surface area contributed by atoms with E-state index in [1.165, 1.54) is 193 Å². The fourth-order valence-electron chi connectivity index (χ4n) is 6.19. The molecule has 1 rings (SSSR count). The Bertz CT molecular complexity index is 456. The first-order chi connectivity index (χ1) is 18.8. The van der Waals surface area contributed by atoms with Crippen molar-refractivity contribution in [1.29, 1.82) is 0 Å². The second-order valence-electron chi connectivity index (χ2n) is 12.5. The van der Waals surface area contributed by atoms with Crippen LogP contribution in [0.3, 0.4) is 0 Å². The molecule has 0 aromatic heterocycles. The SMILES string of the molecule is CCCCCCCCCCCC1N(CCCCCCCCCCC)C=CN1CCCCCCCCCCC. The molecular weight excluding hydrogens is 460 g/mol. The lowest BCUT2D eigenvalue weighted by molar-refractivity contribution is 0.135. The molecule has 0 bridgehead atoms. The highest BCUT2D eigenvalue weighted by atomic mass is 15.4. The van der Waals surface area contributed by atoms with Gasteiger partial charge in [-0.25, -0.2) is 0 Å². The molecule has 38 heavy (non-hydrogen) atoms. The summed E-state index contributed by atoms with van der Waals surface area (Å²) in [6.07, 6.45) is 45.4. The van der Waals surface area contributed by atoms with Gasteiger partial charge in [-0.2, -0.15) is 0 Å². The van der Waals surface area contributed by atoms with Crippen LogP contribution >= 0.6 is 0 Å². The van der Waals surface area contributed by atoms with Gasteiger partial charge in [0.25, 0.3) is 0 Å². The summed E-state index contributed by atoms with van der Waals surface area (Å²) >= 11 is 0. The Hall–Kier alpha value is -0.660. The Labute approximate surface area is 241 Å². The lowest BCUT2D eigenvalue weighted by Gasteiger charge is -2.33. The van der Waals surface area contributed by atoms with Gasteiger partial charge in [-0.1, -0.05) is 175 Å². The normalized spacial score (nSPS) is 13.9. The number of unbranched alkanes of at least 4 members (excludes halogenated alkanes) is 24. The summed E-state index contributed by atoms with van der Waals surface area (Å²) in [6, 6.07) is 0. The zero-order chi connectivity index (χ0) is 27.4. The smallest absolute Gasteiger partial charge is 0.101 e. The molecule has 1 aliphatic heterocycles. The fraction of sp³-hybridized carbons (Fsp3) is 0.944. The summed E-state index contributed by atoms with van der Waals surface area (Å²) < 4.78 is 0. The van der Waals surface area contributed by atoms with Crippen molar-refractivity contribution in [2.75, 3.05) is 13.1 Å². The largest absolute Gasteiger partial charge is 0.356 e. The molecule has 2 heteroatoms. The molecule has 0 atom stereocenters. The maximum Gasteiger partial charge on any atom is 0.101 e. The van der Waals surface area contributed by atoms with Crippen LogP contribution in [0, 0.1) is 0 Å². The Morgan fingerprint density at radius 3 is 0.921 bits per heavy atom. The molecule has 0 aromatic rings. The van der Waals surface area contributed by atoms with E-state index >= 15 is 0 Å². The maximum absolute atomic E-state index is 2.71. The monoisotopic (exact) mass is 533 g/mol. The van der Waals surface area contributed by atoms with E-state index in [9.17, 15) is 0 Å². The Morgan fingerprint density at radius 2 is 0.605 bits per heavy atom. The minimum atomic E-state index is 0.641. The van der Waals surface area contributed by atoms with E-state index in [0.717, 1.165) is 0 Å². The van der Waals surface area contributed by atoms with Crippen molar-refractivity contribution in [2.24, 2.45) is 0 Å². The van der Waals surface area contributed by atoms with Gasteiger partial charge in [0.05, 0.1) is 0 Å². The minimum absolute atomic E-state index is 0.641. The second-order valence-corrected chi connectivity index (χ2v) is 12.5. The van der Waals surface area contributed by atoms with Crippen molar-refractivity contribution in [3.63, 3.8) is 0 Å². The summed E-state index contributed by atoms with van der Waals surface area (Å²) in [4.78, 5) is 5.42. The molecule has 2 nitrogen and oxygen atoms in total. The minimum Gasteiger partial charge on any atom is -0.356 e. The van der Waals surface area contributed by atoms with Crippen molar-refractivity contribution in [3.8, 4) is 0 Å². The molecule has 1 heterocycles. The molecular formula is C36H72N2. The molecule has 0 N–H and O–H groups in total. The third kappa shape index (κ3) is 20.3.